The first kappa shape index (κ1) is 11.5. The molecule has 1 atom stereocenters. The molecule has 2 amide bonds. The van der Waals surface area contributed by atoms with Crippen LogP contribution in [0.1, 0.15) is 24.4 Å². The second kappa shape index (κ2) is 4.94. The van der Waals surface area contributed by atoms with E-state index in [1.54, 1.807) is 6.20 Å². The van der Waals surface area contributed by atoms with Gasteiger partial charge in [0, 0.05) is 25.0 Å². The predicted octanol–water partition coefficient (Wildman–Crippen LogP) is 0.900. The summed E-state index contributed by atoms with van der Waals surface area (Å²) in [6, 6.07) is 4.46. The maximum atomic E-state index is 12.0. The highest BCUT2D eigenvalue weighted by Gasteiger charge is 2.34. The molecule has 0 aliphatic carbocycles. The maximum Gasteiger partial charge on any atom is 0.318 e. The molecular formula is C13H18N4O. The van der Waals surface area contributed by atoms with Crippen LogP contribution in [0.5, 0.6) is 0 Å². The molecule has 18 heavy (non-hydrogen) atoms. The van der Waals surface area contributed by atoms with Gasteiger partial charge in [-0.15, -0.1) is 0 Å². The number of hydrogen-bond acceptors (Lipinski definition) is 3. The second-order valence-electron chi connectivity index (χ2n) is 4.92. The SMILES string of the molecule is O=C1NC(c2cccnc2)CN1C1CCNCC1. The molecule has 1 unspecified atom stereocenters. The highest BCUT2D eigenvalue weighted by atomic mass is 16.2. The number of carbonyl (C=O) groups excluding carboxylic acids is 1. The molecule has 5 nitrogen and oxygen atoms in total. The van der Waals surface area contributed by atoms with Crippen molar-refractivity contribution in [2.24, 2.45) is 0 Å². The van der Waals surface area contributed by atoms with Gasteiger partial charge in [-0.25, -0.2) is 4.79 Å². The number of piperidine rings is 1. The summed E-state index contributed by atoms with van der Waals surface area (Å²) in [6.07, 6.45) is 5.68. The van der Waals surface area contributed by atoms with Crippen LogP contribution in [0.25, 0.3) is 0 Å². The lowest BCUT2D eigenvalue weighted by Crippen LogP contribution is -2.44. The summed E-state index contributed by atoms with van der Waals surface area (Å²) in [5.74, 6) is 0. The van der Waals surface area contributed by atoms with E-state index < -0.39 is 0 Å². The zero-order chi connectivity index (χ0) is 12.4. The fourth-order valence-electron chi connectivity index (χ4n) is 2.76. The van der Waals surface area contributed by atoms with Gasteiger partial charge in [0.2, 0.25) is 0 Å². The molecule has 0 saturated carbocycles. The molecule has 0 spiro atoms. The third kappa shape index (κ3) is 2.18. The molecule has 2 N–H and O–H groups in total. The second-order valence-corrected chi connectivity index (χ2v) is 4.92. The normalized spacial score (nSPS) is 25.2. The van der Waals surface area contributed by atoms with Crippen molar-refractivity contribution in [3.8, 4) is 0 Å². The van der Waals surface area contributed by atoms with Gasteiger partial charge < -0.3 is 15.5 Å². The quantitative estimate of drug-likeness (QED) is 0.815. The van der Waals surface area contributed by atoms with Gasteiger partial charge in [-0.05, 0) is 37.6 Å². The van der Waals surface area contributed by atoms with Crippen LogP contribution in [0.15, 0.2) is 24.5 Å². The van der Waals surface area contributed by atoms with E-state index in [2.05, 4.69) is 15.6 Å². The molecule has 3 heterocycles. The Morgan fingerprint density at radius 2 is 2.17 bits per heavy atom. The first-order valence-electron chi connectivity index (χ1n) is 6.52. The number of aromatic nitrogens is 1. The molecule has 2 aliphatic rings. The minimum atomic E-state index is 0.0655. The van der Waals surface area contributed by atoms with E-state index in [4.69, 9.17) is 0 Å². The number of urea groups is 1. The number of nitrogens with zero attached hydrogens (tertiary/aromatic N) is 2. The van der Waals surface area contributed by atoms with Crippen LogP contribution in [0, 0.1) is 0 Å². The minimum Gasteiger partial charge on any atom is -0.329 e. The van der Waals surface area contributed by atoms with Crippen LogP contribution in [0.2, 0.25) is 0 Å². The van der Waals surface area contributed by atoms with Gasteiger partial charge in [-0.2, -0.15) is 0 Å². The molecule has 2 saturated heterocycles. The van der Waals surface area contributed by atoms with Crippen molar-refractivity contribution in [3.05, 3.63) is 30.1 Å². The Balaban J connectivity index is 1.70. The number of carbonyl (C=O) groups is 1. The van der Waals surface area contributed by atoms with E-state index in [1.807, 2.05) is 23.2 Å². The first-order valence-corrected chi connectivity index (χ1v) is 6.52. The molecular weight excluding hydrogens is 228 g/mol. The Labute approximate surface area is 107 Å². The molecule has 2 fully saturated rings. The van der Waals surface area contributed by atoms with Crippen LogP contribution in [0.3, 0.4) is 0 Å². The van der Waals surface area contributed by atoms with Crippen LogP contribution in [0.4, 0.5) is 4.79 Å². The van der Waals surface area contributed by atoms with Gasteiger partial charge in [0.25, 0.3) is 0 Å². The van der Waals surface area contributed by atoms with Crippen molar-refractivity contribution in [2.75, 3.05) is 19.6 Å². The van der Waals surface area contributed by atoms with Crippen molar-refractivity contribution >= 4 is 6.03 Å². The molecule has 1 aromatic heterocycles. The average molecular weight is 246 g/mol. The lowest BCUT2D eigenvalue weighted by atomic mass is 10.0. The summed E-state index contributed by atoms with van der Waals surface area (Å²) in [5, 5.41) is 6.37. The number of hydrogen-bond donors (Lipinski definition) is 2. The zero-order valence-corrected chi connectivity index (χ0v) is 10.3. The van der Waals surface area contributed by atoms with Crippen LogP contribution < -0.4 is 10.6 Å². The topological polar surface area (TPSA) is 57.3 Å². The summed E-state index contributed by atoms with van der Waals surface area (Å²) in [4.78, 5) is 18.1. The fourth-order valence-corrected chi connectivity index (χ4v) is 2.76. The van der Waals surface area contributed by atoms with Gasteiger partial charge >= 0.3 is 6.03 Å². The van der Waals surface area contributed by atoms with Crippen LogP contribution in [-0.4, -0.2) is 41.6 Å². The third-order valence-electron chi connectivity index (χ3n) is 3.77. The summed E-state index contributed by atoms with van der Waals surface area (Å²) in [5.41, 5.74) is 1.09. The highest BCUT2D eigenvalue weighted by molar-refractivity contribution is 5.77. The Morgan fingerprint density at radius 3 is 2.89 bits per heavy atom. The van der Waals surface area contributed by atoms with E-state index >= 15 is 0 Å². The minimum absolute atomic E-state index is 0.0655. The molecule has 1 aromatic rings. The zero-order valence-electron chi connectivity index (χ0n) is 10.3. The molecule has 2 aliphatic heterocycles. The van der Waals surface area contributed by atoms with E-state index in [0.717, 1.165) is 38.0 Å². The van der Waals surface area contributed by atoms with E-state index in [1.165, 1.54) is 0 Å². The Kier molecular flexibility index (Phi) is 3.15. The van der Waals surface area contributed by atoms with Gasteiger partial charge in [-0.1, -0.05) is 6.07 Å². The number of rotatable bonds is 2. The number of pyridine rings is 1. The predicted molar refractivity (Wildman–Crippen MR) is 68.1 cm³/mol. The van der Waals surface area contributed by atoms with Gasteiger partial charge in [0.05, 0.1) is 6.04 Å². The van der Waals surface area contributed by atoms with Crippen molar-refractivity contribution in [3.63, 3.8) is 0 Å². The van der Waals surface area contributed by atoms with E-state index in [9.17, 15) is 4.79 Å². The van der Waals surface area contributed by atoms with Gasteiger partial charge in [-0.3, -0.25) is 4.98 Å². The van der Waals surface area contributed by atoms with Crippen LogP contribution >= 0.6 is 0 Å². The monoisotopic (exact) mass is 246 g/mol. The van der Waals surface area contributed by atoms with Crippen LogP contribution in [-0.2, 0) is 0 Å². The third-order valence-corrected chi connectivity index (χ3v) is 3.77. The smallest absolute Gasteiger partial charge is 0.318 e. The van der Waals surface area contributed by atoms with E-state index in [-0.39, 0.29) is 12.1 Å². The summed E-state index contributed by atoms with van der Waals surface area (Å²) >= 11 is 0. The number of amides is 2. The molecule has 0 radical (unpaired) electrons. The molecule has 5 heteroatoms. The maximum absolute atomic E-state index is 12.0. The Bertz CT molecular complexity index is 416. The largest absolute Gasteiger partial charge is 0.329 e. The Morgan fingerprint density at radius 1 is 1.33 bits per heavy atom. The number of nitrogens with one attached hydrogen (secondary N) is 2. The van der Waals surface area contributed by atoms with Crippen molar-refractivity contribution in [1.82, 2.24) is 20.5 Å². The van der Waals surface area contributed by atoms with E-state index in [0.29, 0.717) is 6.04 Å². The lowest BCUT2D eigenvalue weighted by molar-refractivity contribution is 0.182. The average Bonchev–Trinajstić information content (AvgIpc) is 2.83. The van der Waals surface area contributed by atoms with Crippen molar-refractivity contribution < 1.29 is 4.79 Å². The highest BCUT2D eigenvalue weighted by Crippen LogP contribution is 2.23. The summed E-state index contributed by atoms with van der Waals surface area (Å²) < 4.78 is 0. The summed E-state index contributed by atoms with van der Waals surface area (Å²) in [6.45, 7) is 2.77. The Hall–Kier alpha value is -1.62. The molecule has 0 bridgehead atoms. The molecule has 3 rings (SSSR count). The standard InChI is InChI=1S/C13H18N4O/c18-13-16-12(10-2-1-5-15-8-10)9-17(13)11-3-6-14-7-4-11/h1-2,5,8,11-12,14H,3-4,6-7,9H2,(H,16,18). The van der Waals surface area contributed by atoms with Crippen molar-refractivity contribution in [1.29, 1.82) is 0 Å². The molecule has 0 aromatic carbocycles. The molecule has 96 valence electrons. The summed E-state index contributed by atoms with van der Waals surface area (Å²) in [7, 11) is 0. The van der Waals surface area contributed by atoms with Gasteiger partial charge in [0.15, 0.2) is 0 Å². The first-order chi connectivity index (χ1) is 8.84. The fraction of sp³-hybridized carbons (Fsp3) is 0.538. The van der Waals surface area contributed by atoms with Gasteiger partial charge in [0.1, 0.15) is 0 Å². The van der Waals surface area contributed by atoms with Crippen molar-refractivity contribution in [2.45, 2.75) is 24.9 Å². The lowest BCUT2D eigenvalue weighted by Gasteiger charge is -2.30.